The Balaban J connectivity index is 1.63. The van der Waals surface area contributed by atoms with E-state index in [1.54, 1.807) is 13.0 Å². The molecule has 2 aromatic heterocycles. The number of hydrogen-bond acceptors (Lipinski definition) is 13. The minimum atomic E-state index is -5.44. The Labute approximate surface area is 174 Å². The molecule has 3 unspecified atom stereocenters. The van der Waals surface area contributed by atoms with E-state index >= 15 is 0 Å². The lowest BCUT2D eigenvalue weighted by Crippen LogP contribution is -2.33. The molecule has 0 spiro atoms. The van der Waals surface area contributed by atoms with Crippen molar-refractivity contribution in [1.82, 2.24) is 14.5 Å². The molecule has 1 fully saturated rings. The largest absolute Gasteiger partial charge is 0.708 e. The highest BCUT2D eigenvalue weighted by molar-refractivity contribution is 7.64. The van der Waals surface area contributed by atoms with Crippen LogP contribution in [0.15, 0.2) is 18.6 Å². The maximum atomic E-state index is 11.7. The Hall–Kier alpha value is -1.22. The minimum Gasteiger partial charge on any atom is -0.387 e. The Kier molecular flexibility index (Phi) is 7.35. The highest BCUT2D eigenvalue weighted by atomic mass is 31.3. The highest BCUT2D eigenvalue weighted by Gasteiger charge is 2.48. The van der Waals surface area contributed by atoms with Gasteiger partial charge in [0.05, 0.1) is 6.33 Å². The van der Waals surface area contributed by atoms with Gasteiger partial charge < -0.3 is 19.8 Å². The number of aliphatic hydroxyl groups is 2. The summed E-state index contributed by atoms with van der Waals surface area (Å²) in [5.74, 6) is 0. The first-order valence-corrected chi connectivity index (χ1v) is 12.3. The van der Waals surface area contributed by atoms with Gasteiger partial charge in [-0.05, 0) is 22.9 Å². The molecule has 31 heavy (non-hydrogen) atoms. The second-order valence-corrected chi connectivity index (χ2v) is 10.2. The van der Waals surface area contributed by atoms with Crippen LogP contribution in [-0.4, -0.2) is 64.7 Å². The lowest BCUT2D eigenvalue weighted by molar-refractivity contribution is -0.157. The molecular formula is C12H17N3O13P3+. The van der Waals surface area contributed by atoms with Crippen LogP contribution in [0.5, 0.6) is 0 Å². The number of aryl methyl sites for hydroxylation is 1. The van der Waals surface area contributed by atoms with Gasteiger partial charge in [-0.1, -0.05) is 0 Å². The zero-order valence-electron chi connectivity index (χ0n) is 15.4. The first kappa shape index (κ1) is 24.4. The fraction of sp³-hybridized carbons (Fsp3) is 0.500. The lowest BCUT2D eigenvalue weighted by Gasteiger charge is -2.16. The summed E-state index contributed by atoms with van der Waals surface area (Å²) in [5.41, 5.74) is 1.75. The fourth-order valence-electron chi connectivity index (χ4n) is 2.74. The van der Waals surface area contributed by atoms with Crippen LogP contribution in [0.4, 0.5) is 0 Å². The molecule has 172 valence electrons. The van der Waals surface area contributed by atoms with Crippen LogP contribution in [-0.2, 0) is 36.3 Å². The number of phosphoric acid groups is 2. The van der Waals surface area contributed by atoms with Gasteiger partial charge in [0, 0.05) is 10.8 Å². The maximum absolute atomic E-state index is 11.7. The first-order valence-electron chi connectivity index (χ1n) is 8.24. The van der Waals surface area contributed by atoms with Crippen molar-refractivity contribution in [2.45, 2.75) is 31.5 Å². The van der Waals surface area contributed by atoms with Gasteiger partial charge in [0.2, 0.25) is 0 Å². The third-order valence-corrected chi connectivity index (χ3v) is 7.67. The van der Waals surface area contributed by atoms with Crippen molar-refractivity contribution in [2.75, 3.05) is 6.61 Å². The summed E-state index contributed by atoms with van der Waals surface area (Å²) in [6, 6.07) is 1.74. The van der Waals surface area contributed by atoms with Crippen LogP contribution in [0, 0.1) is 6.92 Å². The quantitative estimate of drug-likeness (QED) is 0.180. The molecule has 0 bridgehead atoms. The molecule has 7 atom stereocenters. The number of fused-ring (bicyclic) bond motifs is 1. The summed E-state index contributed by atoms with van der Waals surface area (Å²) in [5, 5.41) is 28.6. The number of imidazole rings is 1. The molecule has 3 rings (SSSR count). The molecule has 16 nitrogen and oxygen atoms in total. The molecule has 5 N–H and O–H groups in total. The predicted molar refractivity (Wildman–Crippen MR) is 97.3 cm³/mol. The Bertz CT molecular complexity index is 1060. The van der Waals surface area contributed by atoms with E-state index in [0.717, 1.165) is 5.56 Å². The monoisotopic (exact) mass is 504 g/mol. The molecule has 1 aliphatic rings. The van der Waals surface area contributed by atoms with Gasteiger partial charge in [-0.25, -0.2) is 24.4 Å². The van der Waals surface area contributed by atoms with E-state index in [1.807, 2.05) is 0 Å². The number of ether oxygens (including phenoxy) is 1. The van der Waals surface area contributed by atoms with Gasteiger partial charge in [-0.3, -0.25) is 9.46 Å². The molecule has 0 amide bonds. The van der Waals surface area contributed by atoms with Crippen molar-refractivity contribution < 1.29 is 61.5 Å². The summed E-state index contributed by atoms with van der Waals surface area (Å²) in [6.07, 6.45) is -2.48. The first-order chi connectivity index (χ1) is 14.4. The van der Waals surface area contributed by atoms with Crippen molar-refractivity contribution in [1.29, 1.82) is 0 Å². The summed E-state index contributed by atoms with van der Waals surface area (Å²) in [7, 11) is -14.2. The Morgan fingerprint density at radius 2 is 1.94 bits per heavy atom. The van der Waals surface area contributed by atoms with Gasteiger partial charge in [0.25, 0.3) is 0 Å². The average Bonchev–Trinajstić information content (AvgIpc) is 3.22. The number of hydrogen-bond donors (Lipinski definition) is 5. The van der Waals surface area contributed by atoms with E-state index in [-0.39, 0.29) is 0 Å². The molecule has 2 aromatic rings. The summed E-state index contributed by atoms with van der Waals surface area (Å²) in [4.78, 5) is 26.3. The molecule has 3 heterocycles. The van der Waals surface area contributed by atoms with Crippen LogP contribution in [0.3, 0.4) is 0 Å². The second-order valence-electron chi connectivity index (χ2n) is 6.20. The van der Waals surface area contributed by atoms with E-state index in [9.17, 15) is 28.8 Å². The molecule has 0 saturated carbocycles. The Morgan fingerprint density at radius 3 is 2.61 bits per heavy atom. The molecular weight excluding hydrogens is 487 g/mol. The van der Waals surface area contributed by atoms with Crippen LogP contribution in [0.1, 0.15) is 11.8 Å². The van der Waals surface area contributed by atoms with E-state index in [1.165, 1.54) is 17.1 Å². The summed E-state index contributed by atoms with van der Waals surface area (Å²) >= 11 is 0. The number of aliphatic hydroxyl groups excluding tert-OH is 2. The standard InChI is InChI=1S/C12H16N3O13P3/c1-6-2-3-13-11-8(6)14-5-15(11)12-10(17)9(16)7(25-12)4-24-29(19)27-31(22,23)28-30(20,21)26-18/h2-3,5,7,9-10,12,16-17H,4H2,1H3,(H2-,18,20,21,22,23)/p+1/t7-,9-,10-,12-/m1/s1. The Morgan fingerprint density at radius 1 is 1.23 bits per heavy atom. The van der Waals surface area contributed by atoms with Crippen molar-refractivity contribution in [3.8, 4) is 0 Å². The van der Waals surface area contributed by atoms with Gasteiger partial charge in [0.1, 0.15) is 30.4 Å². The number of pyridine rings is 1. The summed E-state index contributed by atoms with van der Waals surface area (Å²) in [6.45, 7) is 1.12. The van der Waals surface area contributed by atoms with Gasteiger partial charge in [-0.15, -0.1) is 9.20 Å². The zero-order chi connectivity index (χ0) is 23.0. The third-order valence-electron chi connectivity index (χ3n) is 4.10. The van der Waals surface area contributed by atoms with E-state index in [2.05, 4.69) is 27.8 Å². The van der Waals surface area contributed by atoms with E-state index in [0.29, 0.717) is 11.2 Å². The summed E-state index contributed by atoms with van der Waals surface area (Å²) < 4.78 is 56.2. The maximum Gasteiger partial charge on any atom is 0.708 e. The normalized spacial score (nSPS) is 28.4. The van der Waals surface area contributed by atoms with Crippen LogP contribution < -0.4 is 0 Å². The number of aromatic nitrogens is 3. The van der Waals surface area contributed by atoms with Crippen LogP contribution >= 0.6 is 23.9 Å². The van der Waals surface area contributed by atoms with Crippen molar-refractivity contribution >= 4 is 35.1 Å². The molecule has 1 saturated heterocycles. The molecule has 19 heteroatoms. The van der Waals surface area contributed by atoms with Gasteiger partial charge >= 0.3 is 23.9 Å². The molecule has 0 aliphatic carbocycles. The van der Waals surface area contributed by atoms with Crippen molar-refractivity contribution in [3.05, 3.63) is 24.2 Å². The molecule has 1 aliphatic heterocycles. The van der Waals surface area contributed by atoms with Crippen LogP contribution in [0.2, 0.25) is 0 Å². The third kappa shape index (κ3) is 5.59. The molecule has 0 aromatic carbocycles. The topological polar surface area (TPSA) is 229 Å². The SMILES string of the molecule is Cc1ccnc2c1ncn2[C@@H]1O[C@H](CO[P+](=O)OP(=O)(O)OP(=O)(O)OO)[C@@H](O)[C@H]1O. The van der Waals surface area contributed by atoms with E-state index < -0.39 is 55.0 Å². The lowest BCUT2D eigenvalue weighted by atomic mass is 10.1. The van der Waals surface area contributed by atoms with Crippen LogP contribution in [0.25, 0.3) is 11.2 Å². The van der Waals surface area contributed by atoms with E-state index in [4.69, 9.17) is 14.9 Å². The van der Waals surface area contributed by atoms with Crippen molar-refractivity contribution in [3.63, 3.8) is 0 Å². The number of rotatable bonds is 9. The molecule has 0 radical (unpaired) electrons. The van der Waals surface area contributed by atoms with Crippen molar-refractivity contribution in [2.24, 2.45) is 0 Å². The number of nitrogens with zero attached hydrogens (tertiary/aromatic N) is 3. The average molecular weight is 504 g/mol. The zero-order valence-corrected chi connectivity index (χ0v) is 18.1. The second kappa shape index (κ2) is 9.33. The minimum absolute atomic E-state index is 0.380. The van der Waals surface area contributed by atoms with Gasteiger partial charge in [0.15, 0.2) is 11.9 Å². The van der Waals surface area contributed by atoms with Gasteiger partial charge in [-0.2, -0.15) is 4.31 Å². The highest BCUT2D eigenvalue weighted by Crippen LogP contribution is 2.63. The fourth-order valence-corrected chi connectivity index (χ4v) is 5.43. The predicted octanol–water partition coefficient (Wildman–Crippen LogP) is 0.757. The smallest absolute Gasteiger partial charge is 0.387 e.